The molecule has 4 nitrogen and oxygen atoms in total. The molecule has 1 saturated heterocycles. The minimum atomic E-state index is -0.0203. The van der Waals surface area contributed by atoms with Gasteiger partial charge in [-0.3, -0.25) is 0 Å². The quantitative estimate of drug-likeness (QED) is 0.911. The van der Waals surface area contributed by atoms with E-state index in [1.165, 1.54) is 0 Å². The fourth-order valence-electron chi connectivity index (χ4n) is 2.90. The summed E-state index contributed by atoms with van der Waals surface area (Å²) < 4.78 is 0. The van der Waals surface area contributed by atoms with Gasteiger partial charge >= 0.3 is 0 Å². The third-order valence-electron chi connectivity index (χ3n) is 4.30. The Morgan fingerprint density at radius 2 is 2.10 bits per heavy atom. The molecule has 2 rings (SSSR count). The van der Waals surface area contributed by atoms with Gasteiger partial charge in [-0.05, 0) is 37.1 Å². The first kappa shape index (κ1) is 14.8. The molecule has 4 heteroatoms. The summed E-state index contributed by atoms with van der Waals surface area (Å²) in [4.78, 5) is 4.69. The average molecular weight is 273 g/mol. The molecule has 1 N–H and O–H groups in total. The van der Waals surface area contributed by atoms with E-state index in [4.69, 9.17) is 5.11 Å². The molecule has 0 unspecified atom stereocenters. The summed E-state index contributed by atoms with van der Waals surface area (Å²) in [6.07, 6.45) is 2.27. The molecule has 1 aliphatic rings. The molecule has 20 heavy (non-hydrogen) atoms. The standard InChI is InChI=1S/C16H23N3O/c1-3-19-8-6-15(7-9-19)18(2)16-5-4-13(12-20)10-14(16)11-17/h4-5,10,15,20H,3,6-9,12H2,1-2H3. The molecule has 0 spiro atoms. The van der Waals surface area contributed by atoms with Crippen LogP contribution in [0.2, 0.25) is 0 Å². The number of rotatable bonds is 4. The van der Waals surface area contributed by atoms with Crippen molar-refractivity contribution >= 4 is 5.69 Å². The number of piperidine rings is 1. The molecule has 1 aromatic carbocycles. The van der Waals surface area contributed by atoms with Crippen LogP contribution < -0.4 is 4.90 Å². The third kappa shape index (κ3) is 3.12. The van der Waals surface area contributed by atoms with E-state index in [0.29, 0.717) is 11.6 Å². The van der Waals surface area contributed by atoms with Crippen LogP contribution in [0.5, 0.6) is 0 Å². The van der Waals surface area contributed by atoms with Crippen LogP contribution in [0.25, 0.3) is 0 Å². The van der Waals surface area contributed by atoms with Gasteiger partial charge in [0.2, 0.25) is 0 Å². The summed E-state index contributed by atoms with van der Waals surface area (Å²) in [6, 6.07) is 8.37. The van der Waals surface area contributed by atoms with Gasteiger partial charge < -0.3 is 14.9 Å². The molecule has 0 bridgehead atoms. The van der Waals surface area contributed by atoms with Gasteiger partial charge in [-0.2, -0.15) is 5.26 Å². The molecular weight excluding hydrogens is 250 g/mol. The van der Waals surface area contributed by atoms with Crippen LogP contribution in [-0.2, 0) is 6.61 Å². The highest BCUT2D eigenvalue weighted by Gasteiger charge is 2.23. The number of aliphatic hydroxyl groups excluding tert-OH is 1. The maximum atomic E-state index is 9.30. The van der Waals surface area contributed by atoms with Crippen molar-refractivity contribution in [3.8, 4) is 6.07 Å². The summed E-state index contributed by atoms with van der Waals surface area (Å²) in [5.41, 5.74) is 2.41. The first-order valence-electron chi connectivity index (χ1n) is 7.28. The molecule has 0 saturated carbocycles. The number of likely N-dealkylation sites (tertiary alicyclic amines) is 1. The second-order valence-corrected chi connectivity index (χ2v) is 5.40. The first-order chi connectivity index (χ1) is 9.69. The fraction of sp³-hybridized carbons (Fsp3) is 0.562. The zero-order valence-electron chi connectivity index (χ0n) is 12.3. The van der Waals surface area contributed by atoms with E-state index in [1.54, 1.807) is 6.07 Å². The van der Waals surface area contributed by atoms with Gasteiger partial charge in [-0.1, -0.05) is 13.0 Å². The van der Waals surface area contributed by atoms with Crippen molar-refractivity contribution in [3.05, 3.63) is 29.3 Å². The number of benzene rings is 1. The molecule has 0 amide bonds. The monoisotopic (exact) mass is 273 g/mol. The van der Waals surface area contributed by atoms with E-state index in [-0.39, 0.29) is 6.61 Å². The van der Waals surface area contributed by atoms with Crippen LogP contribution >= 0.6 is 0 Å². The number of hydrogen-bond donors (Lipinski definition) is 1. The fourth-order valence-corrected chi connectivity index (χ4v) is 2.90. The molecule has 0 aromatic heterocycles. The molecule has 108 valence electrons. The molecule has 0 radical (unpaired) electrons. The number of aliphatic hydroxyl groups is 1. The van der Waals surface area contributed by atoms with E-state index in [1.807, 2.05) is 12.1 Å². The lowest BCUT2D eigenvalue weighted by molar-refractivity contribution is 0.221. The van der Waals surface area contributed by atoms with Crippen molar-refractivity contribution in [2.24, 2.45) is 0 Å². The molecule has 0 atom stereocenters. The maximum absolute atomic E-state index is 9.30. The minimum Gasteiger partial charge on any atom is -0.392 e. The molecule has 1 fully saturated rings. The summed E-state index contributed by atoms with van der Waals surface area (Å²) in [7, 11) is 2.07. The Morgan fingerprint density at radius 3 is 2.65 bits per heavy atom. The Labute approximate surface area is 121 Å². The van der Waals surface area contributed by atoms with Gasteiger partial charge in [-0.15, -0.1) is 0 Å². The predicted molar refractivity (Wildman–Crippen MR) is 80.6 cm³/mol. The van der Waals surface area contributed by atoms with E-state index >= 15 is 0 Å². The van der Waals surface area contributed by atoms with Gasteiger partial charge in [0.25, 0.3) is 0 Å². The van der Waals surface area contributed by atoms with Crippen molar-refractivity contribution < 1.29 is 5.11 Å². The summed E-state index contributed by atoms with van der Waals surface area (Å²) >= 11 is 0. The lowest BCUT2D eigenvalue weighted by Gasteiger charge is -2.37. The molecule has 0 aliphatic carbocycles. The summed E-state index contributed by atoms with van der Waals surface area (Å²) in [5.74, 6) is 0. The Bertz CT molecular complexity index is 487. The largest absolute Gasteiger partial charge is 0.392 e. The SMILES string of the molecule is CCN1CCC(N(C)c2ccc(CO)cc2C#N)CC1. The van der Waals surface area contributed by atoms with Crippen LogP contribution in [-0.4, -0.2) is 42.7 Å². The van der Waals surface area contributed by atoms with Crippen molar-refractivity contribution in [1.82, 2.24) is 4.90 Å². The highest BCUT2D eigenvalue weighted by atomic mass is 16.3. The number of hydrogen-bond acceptors (Lipinski definition) is 4. The zero-order chi connectivity index (χ0) is 14.5. The van der Waals surface area contributed by atoms with Crippen molar-refractivity contribution in [1.29, 1.82) is 5.26 Å². The highest BCUT2D eigenvalue weighted by Crippen LogP contribution is 2.26. The van der Waals surface area contributed by atoms with E-state index in [9.17, 15) is 5.26 Å². The van der Waals surface area contributed by atoms with Gasteiger partial charge in [0, 0.05) is 26.2 Å². The highest BCUT2D eigenvalue weighted by molar-refractivity contribution is 5.60. The Hall–Kier alpha value is -1.57. The topological polar surface area (TPSA) is 50.5 Å². The lowest BCUT2D eigenvalue weighted by Crippen LogP contribution is -2.43. The molecular formula is C16H23N3O. The zero-order valence-corrected chi connectivity index (χ0v) is 12.3. The lowest BCUT2D eigenvalue weighted by atomic mass is 10.0. The molecule has 1 heterocycles. The smallest absolute Gasteiger partial charge is 0.101 e. The van der Waals surface area contributed by atoms with Crippen LogP contribution in [0.3, 0.4) is 0 Å². The minimum absolute atomic E-state index is 0.0203. The summed E-state index contributed by atoms with van der Waals surface area (Å²) in [5, 5.41) is 18.5. The van der Waals surface area contributed by atoms with Gasteiger partial charge in [0.1, 0.15) is 6.07 Å². The van der Waals surface area contributed by atoms with Gasteiger partial charge in [-0.25, -0.2) is 0 Å². The van der Waals surface area contributed by atoms with Crippen LogP contribution in [0.15, 0.2) is 18.2 Å². The maximum Gasteiger partial charge on any atom is 0.101 e. The van der Waals surface area contributed by atoms with Crippen molar-refractivity contribution in [3.63, 3.8) is 0 Å². The second kappa shape index (κ2) is 6.74. The summed E-state index contributed by atoms with van der Waals surface area (Å²) in [6.45, 7) is 5.55. The number of nitriles is 1. The number of nitrogens with zero attached hydrogens (tertiary/aromatic N) is 3. The Balaban J connectivity index is 2.13. The van der Waals surface area contributed by atoms with Gasteiger partial charge in [0.15, 0.2) is 0 Å². The van der Waals surface area contributed by atoms with E-state index in [2.05, 4.69) is 29.8 Å². The Kier molecular flexibility index (Phi) is 4.99. The van der Waals surface area contributed by atoms with Crippen LogP contribution in [0.1, 0.15) is 30.9 Å². The van der Waals surface area contributed by atoms with Crippen LogP contribution in [0, 0.1) is 11.3 Å². The van der Waals surface area contributed by atoms with E-state index < -0.39 is 0 Å². The number of anilines is 1. The third-order valence-corrected chi connectivity index (χ3v) is 4.30. The van der Waals surface area contributed by atoms with Crippen LogP contribution in [0.4, 0.5) is 5.69 Å². The van der Waals surface area contributed by atoms with E-state index in [0.717, 1.165) is 43.7 Å². The average Bonchev–Trinajstić information content (AvgIpc) is 2.53. The van der Waals surface area contributed by atoms with Crippen molar-refractivity contribution in [2.75, 3.05) is 31.6 Å². The first-order valence-corrected chi connectivity index (χ1v) is 7.28. The Morgan fingerprint density at radius 1 is 1.40 bits per heavy atom. The normalized spacial score (nSPS) is 16.9. The van der Waals surface area contributed by atoms with Gasteiger partial charge in [0.05, 0.1) is 17.9 Å². The molecule has 1 aliphatic heterocycles. The van der Waals surface area contributed by atoms with Crippen molar-refractivity contribution in [2.45, 2.75) is 32.4 Å². The molecule has 1 aromatic rings. The second-order valence-electron chi connectivity index (χ2n) is 5.40. The predicted octanol–water partition coefficient (Wildman–Crippen LogP) is 1.97.